The van der Waals surface area contributed by atoms with Crippen LogP contribution in [0.5, 0.6) is 0 Å². The average Bonchev–Trinajstić information content (AvgIpc) is 3.39. The fraction of sp³-hybridized carbons (Fsp3) is 0.281. The van der Waals surface area contributed by atoms with Crippen molar-refractivity contribution in [2.75, 3.05) is 13.1 Å². The molecule has 43 heavy (non-hydrogen) atoms. The first-order valence-corrected chi connectivity index (χ1v) is 15.0. The second kappa shape index (κ2) is 12.1. The van der Waals surface area contributed by atoms with E-state index in [2.05, 4.69) is 5.32 Å². The summed E-state index contributed by atoms with van der Waals surface area (Å²) in [7, 11) is 0. The van der Waals surface area contributed by atoms with E-state index < -0.39 is 29.2 Å². The van der Waals surface area contributed by atoms with Crippen molar-refractivity contribution in [3.63, 3.8) is 0 Å². The molecule has 0 aliphatic carbocycles. The van der Waals surface area contributed by atoms with Crippen molar-refractivity contribution in [2.24, 2.45) is 0 Å². The number of thiophene rings is 1. The molecule has 0 bridgehead atoms. The van der Waals surface area contributed by atoms with Crippen molar-refractivity contribution < 1.29 is 37.1 Å². The Hall–Kier alpha value is -3.73. The summed E-state index contributed by atoms with van der Waals surface area (Å²) >= 11 is 7.71. The van der Waals surface area contributed by atoms with Gasteiger partial charge in [0.15, 0.2) is 5.54 Å². The molecule has 3 aromatic carbocycles. The molecule has 1 saturated heterocycles. The van der Waals surface area contributed by atoms with E-state index >= 15 is 0 Å². The minimum absolute atomic E-state index is 0.0439. The van der Waals surface area contributed by atoms with Gasteiger partial charge < -0.3 is 10.4 Å². The lowest BCUT2D eigenvalue weighted by Gasteiger charge is -2.57. The SMILES string of the molecule is O=C(O)CCCNC(=O)C1(Cc2cccc(C(F)(F)F)c2)CC[N+]1(Cc1cccc(Cl)c1)C(=O)c1csc2ccccc12. The molecule has 0 radical (unpaired) electrons. The van der Waals surface area contributed by atoms with Gasteiger partial charge in [0.25, 0.3) is 5.91 Å². The molecule has 0 spiro atoms. The molecule has 1 fully saturated rings. The number of carbonyl (C=O) groups excluding carboxylic acids is 2. The summed E-state index contributed by atoms with van der Waals surface area (Å²) in [5, 5.41) is 14.8. The molecule has 2 N–H and O–H groups in total. The van der Waals surface area contributed by atoms with Crippen LogP contribution in [0.15, 0.2) is 78.2 Å². The number of nitrogens with zero attached hydrogens (tertiary/aromatic N) is 1. The van der Waals surface area contributed by atoms with Gasteiger partial charge >= 0.3 is 18.1 Å². The zero-order chi connectivity index (χ0) is 30.8. The van der Waals surface area contributed by atoms with Gasteiger partial charge in [-0.05, 0) is 36.2 Å². The summed E-state index contributed by atoms with van der Waals surface area (Å²) in [6, 6.07) is 19.3. The number of amides is 2. The molecule has 1 aliphatic heterocycles. The Morgan fingerprint density at radius 2 is 1.74 bits per heavy atom. The number of nitrogens with one attached hydrogen (secondary N) is 1. The number of likely N-dealkylation sites (tertiary alicyclic amines) is 1. The lowest BCUT2D eigenvalue weighted by molar-refractivity contribution is -0.946. The van der Waals surface area contributed by atoms with Gasteiger partial charge in [-0.1, -0.05) is 60.1 Å². The minimum Gasteiger partial charge on any atom is -0.481 e. The highest BCUT2D eigenvalue weighted by atomic mass is 35.5. The normalized spacial score (nSPS) is 20.0. The Labute approximate surface area is 255 Å². The van der Waals surface area contributed by atoms with Gasteiger partial charge in [-0.15, -0.1) is 11.3 Å². The van der Waals surface area contributed by atoms with Crippen LogP contribution in [0.4, 0.5) is 13.2 Å². The lowest BCUT2D eigenvalue weighted by Crippen LogP contribution is -2.81. The van der Waals surface area contributed by atoms with Crippen LogP contribution < -0.4 is 5.32 Å². The largest absolute Gasteiger partial charge is 0.481 e. The van der Waals surface area contributed by atoms with E-state index in [-0.39, 0.29) is 61.3 Å². The number of alkyl halides is 3. The number of fused-ring (bicyclic) bond motifs is 1. The van der Waals surface area contributed by atoms with Gasteiger partial charge in [0.2, 0.25) is 0 Å². The number of benzene rings is 3. The fourth-order valence-electron chi connectivity index (χ4n) is 6.00. The van der Waals surface area contributed by atoms with Crippen LogP contribution in [0.2, 0.25) is 5.02 Å². The van der Waals surface area contributed by atoms with E-state index in [1.807, 2.05) is 30.3 Å². The predicted molar refractivity (Wildman–Crippen MR) is 159 cm³/mol. The van der Waals surface area contributed by atoms with Crippen LogP contribution in [0, 0.1) is 0 Å². The van der Waals surface area contributed by atoms with Crippen molar-refractivity contribution in [3.8, 4) is 0 Å². The van der Waals surface area contributed by atoms with Crippen LogP contribution in [0.1, 0.15) is 46.3 Å². The third-order valence-electron chi connectivity index (χ3n) is 8.19. The number of carboxylic acids is 1. The van der Waals surface area contributed by atoms with Crippen molar-refractivity contribution in [1.82, 2.24) is 5.32 Å². The smallest absolute Gasteiger partial charge is 0.416 e. The molecular weight excluding hydrogens is 601 g/mol. The van der Waals surface area contributed by atoms with Crippen molar-refractivity contribution in [1.29, 1.82) is 0 Å². The lowest BCUT2D eigenvalue weighted by atomic mass is 9.73. The zero-order valence-electron chi connectivity index (χ0n) is 23.0. The summed E-state index contributed by atoms with van der Waals surface area (Å²) in [4.78, 5) is 40.1. The summed E-state index contributed by atoms with van der Waals surface area (Å²) in [6.07, 6.45) is -4.47. The predicted octanol–water partition coefficient (Wildman–Crippen LogP) is 7.10. The van der Waals surface area contributed by atoms with E-state index in [0.717, 1.165) is 22.2 Å². The minimum atomic E-state index is -4.58. The molecule has 2 heterocycles. The average molecular weight is 630 g/mol. The van der Waals surface area contributed by atoms with Crippen LogP contribution >= 0.6 is 22.9 Å². The maximum Gasteiger partial charge on any atom is 0.416 e. The number of rotatable bonds is 10. The van der Waals surface area contributed by atoms with E-state index in [1.165, 1.54) is 23.5 Å². The van der Waals surface area contributed by atoms with Crippen LogP contribution in [-0.2, 0) is 28.7 Å². The van der Waals surface area contributed by atoms with Gasteiger partial charge in [0.05, 0.1) is 24.1 Å². The Morgan fingerprint density at radius 3 is 2.44 bits per heavy atom. The second-order valence-electron chi connectivity index (χ2n) is 10.8. The maximum atomic E-state index is 14.8. The second-order valence-corrected chi connectivity index (χ2v) is 12.2. The highest BCUT2D eigenvalue weighted by Crippen LogP contribution is 2.47. The summed E-state index contributed by atoms with van der Waals surface area (Å²) in [6.45, 7) is 0.407. The van der Waals surface area contributed by atoms with E-state index in [4.69, 9.17) is 16.7 Å². The Balaban J connectivity index is 1.64. The molecule has 6 nitrogen and oxygen atoms in total. The third kappa shape index (κ3) is 6.04. The van der Waals surface area contributed by atoms with Crippen molar-refractivity contribution in [3.05, 3.63) is 105 Å². The van der Waals surface area contributed by atoms with Crippen molar-refractivity contribution in [2.45, 2.75) is 43.9 Å². The maximum absolute atomic E-state index is 14.8. The quantitative estimate of drug-likeness (QED) is 0.145. The highest BCUT2D eigenvalue weighted by Gasteiger charge is 2.68. The van der Waals surface area contributed by atoms with E-state index in [9.17, 15) is 27.6 Å². The van der Waals surface area contributed by atoms with E-state index in [1.54, 1.807) is 23.6 Å². The van der Waals surface area contributed by atoms with Gasteiger partial charge in [-0.2, -0.15) is 13.2 Å². The number of quaternary nitrogens is 1. The molecular formula is C32H29ClF3N2O4S+. The Morgan fingerprint density at radius 1 is 1.00 bits per heavy atom. The molecule has 1 aromatic heterocycles. The fourth-order valence-corrected chi connectivity index (χ4v) is 7.15. The van der Waals surface area contributed by atoms with E-state index in [0.29, 0.717) is 16.1 Å². The van der Waals surface area contributed by atoms with Gasteiger partial charge in [0.1, 0.15) is 6.54 Å². The number of carbonyl (C=O) groups is 3. The number of hydrogen-bond donors (Lipinski definition) is 2. The number of hydrogen-bond acceptors (Lipinski definition) is 4. The zero-order valence-corrected chi connectivity index (χ0v) is 24.6. The number of carboxylic acid groups (broad SMARTS) is 1. The molecule has 2 atom stereocenters. The van der Waals surface area contributed by atoms with Gasteiger partial charge in [-0.25, -0.2) is 9.28 Å². The Kier molecular flexibility index (Phi) is 8.65. The monoisotopic (exact) mass is 629 g/mol. The number of aliphatic carboxylic acids is 1. The van der Waals surface area contributed by atoms with Crippen LogP contribution in [0.25, 0.3) is 10.1 Å². The first-order chi connectivity index (χ1) is 20.4. The molecule has 2 amide bonds. The van der Waals surface area contributed by atoms with Crippen LogP contribution in [0.3, 0.4) is 0 Å². The molecule has 1 aliphatic rings. The molecule has 11 heteroatoms. The third-order valence-corrected chi connectivity index (χ3v) is 9.39. The molecule has 2 unspecified atom stereocenters. The first-order valence-electron chi connectivity index (χ1n) is 13.7. The summed E-state index contributed by atoms with van der Waals surface area (Å²) in [5.74, 6) is -1.82. The molecule has 224 valence electrons. The van der Waals surface area contributed by atoms with Gasteiger partial charge in [-0.3, -0.25) is 9.59 Å². The standard InChI is InChI=1S/C32H28ClF3N2O4S/c33-24-9-4-7-22(17-24)19-38(29(41)26-20-43-27-11-2-1-10-25(26)27)15-13-31(38,30(42)37-14-5-12-28(39)40)18-21-6-3-8-23(16-21)32(34,35)36/h1-4,6-11,16-17,20H,5,12-15,18-19H2,(H-,37,39,40,42)/p+1. The summed E-state index contributed by atoms with van der Waals surface area (Å²) in [5.41, 5.74) is -0.895. The summed E-state index contributed by atoms with van der Waals surface area (Å²) < 4.78 is 41.6. The topological polar surface area (TPSA) is 83.5 Å². The van der Waals surface area contributed by atoms with Crippen molar-refractivity contribution >= 4 is 50.8 Å². The first kappa shape index (κ1) is 30.7. The molecule has 0 saturated carbocycles. The van der Waals surface area contributed by atoms with Crippen LogP contribution in [-0.4, -0.2) is 46.0 Å². The number of halogens is 4. The van der Waals surface area contributed by atoms with Gasteiger partial charge in [0, 0.05) is 45.4 Å². The Bertz CT molecular complexity index is 1690. The molecule has 4 aromatic rings. The molecule has 5 rings (SSSR count). The highest BCUT2D eigenvalue weighted by molar-refractivity contribution is 7.17.